The highest BCUT2D eigenvalue weighted by molar-refractivity contribution is 7.89. The molecule has 0 radical (unpaired) electrons. The molecule has 6 heteroatoms. The van der Waals surface area contributed by atoms with E-state index >= 15 is 0 Å². The Kier molecular flexibility index (Phi) is 6.02. The van der Waals surface area contributed by atoms with Gasteiger partial charge in [-0.1, -0.05) is 12.8 Å². The van der Waals surface area contributed by atoms with Gasteiger partial charge in [0.15, 0.2) is 0 Å². The zero-order valence-corrected chi connectivity index (χ0v) is 14.0. The van der Waals surface area contributed by atoms with Crippen molar-refractivity contribution in [3.8, 4) is 12.3 Å². The number of hydrogen-bond donors (Lipinski definition) is 1. The molecule has 0 aliphatic heterocycles. The molecule has 0 spiro atoms. The fourth-order valence-corrected chi connectivity index (χ4v) is 3.08. The molecule has 1 N–H and O–H groups in total. The second-order valence-electron chi connectivity index (χ2n) is 5.87. The molecule has 0 aromatic carbocycles. The van der Waals surface area contributed by atoms with Crippen LogP contribution in [0.3, 0.4) is 0 Å². The van der Waals surface area contributed by atoms with Crippen LogP contribution in [0.5, 0.6) is 0 Å². The van der Waals surface area contributed by atoms with Crippen LogP contribution in [0.4, 0.5) is 0 Å². The maximum Gasteiger partial charge on any atom is 0.277 e. The van der Waals surface area contributed by atoms with Crippen molar-refractivity contribution in [1.82, 2.24) is 9.62 Å². The Morgan fingerprint density at radius 3 is 2.57 bits per heavy atom. The average Bonchev–Trinajstić information content (AvgIpc) is 2.85. The Balaban J connectivity index is 2.89. The van der Waals surface area contributed by atoms with Crippen LogP contribution in [-0.4, -0.2) is 31.4 Å². The highest BCUT2D eigenvalue weighted by Gasteiger charge is 2.26. The van der Waals surface area contributed by atoms with E-state index in [0.29, 0.717) is 25.3 Å². The van der Waals surface area contributed by atoms with Gasteiger partial charge in [-0.2, -0.15) is 4.31 Å². The van der Waals surface area contributed by atoms with Gasteiger partial charge >= 0.3 is 0 Å². The van der Waals surface area contributed by atoms with Crippen LogP contribution in [-0.2, 0) is 16.6 Å². The predicted molar refractivity (Wildman–Crippen MR) is 83.2 cm³/mol. The van der Waals surface area contributed by atoms with Crippen molar-refractivity contribution in [2.75, 3.05) is 13.1 Å². The molecule has 0 saturated carbocycles. The predicted octanol–water partition coefficient (Wildman–Crippen LogP) is 2.20. The Labute approximate surface area is 127 Å². The highest BCUT2D eigenvalue weighted by atomic mass is 32.2. The molecule has 1 heterocycles. The van der Waals surface area contributed by atoms with E-state index in [9.17, 15) is 8.42 Å². The molecule has 0 bridgehead atoms. The number of nitrogens with zero attached hydrogens (tertiary/aromatic N) is 1. The Bertz CT molecular complexity index is 591. The Hall–Kier alpha value is -1.29. The minimum atomic E-state index is -3.66. The number of sulfonamides is 1. The van der Waals surface area contributed by atoms with E-state index in [-0.39, 0.29) is 17.2 Å². The third-order valence-electron chi connectivity index (χ3n) is 2.76. The summed E-state index contributed by atoms with van der Waals surface area (Å²) in [6.45, 7) is 8.90. The lowest BCUT2D eigenvalue weighted by atomic mass is 10.1. The topological polar surface area (TPSA) is 62.6 Å². The zero-order chi connectivity index (χ0) is 16.1. The van der Waals surface area contributed by atoms with Gasteiger partial charge in [0, 0.05) is 12.1 Å². The van der Waals surface area contributed by atoms with Crippen LogP contribution >= 0.6 is 0 Å². The molecule has 0 amide bonds. The van der Waals surface area contributed by atoms with E-state index in [2.05, 4.69) is 11.2 Å². The smallest absolute Gasteiger partial charge is 0.277 e. The molecule has 5 nitrogen and oxygen atoms in total. The molecular formula is C15H24N2O3S. The minimum Gasteiger partial charge on any atom is -0.447 e. The Morgan fingerprint density at radius 1 is 1.38 bits per heavy atom. The van der Waals surface area contributed by atoms with Crippen LogP contribution in [0.1, 0.15) is 39.9 Å². The van der Waals surface area contributed by atoms with Gasteiger partial charge < -0.3 is 9.73 Å². The number of rotatable bonds is 7. The van der Waals surface area contributed by atoms with Crippen molar-refractivity contribution in [1.29, 1.82) is 0 Å². The summed E-state index contributed by atoms with van der Waals surface area (Å²) in [5, 5.41) is 3.19. The maximum atomic E-state index is 12.4. The lowest BCUT2D eigenvalue weighted by Crippen LogP contribution is -2.35. The largest absolute Gasteiger partial charge is 0.447 e. The average molecular weight is 312 g/mol. The third-order valence-corrected chi connectivity index (χ3v) is 4.48. The summed E-state index contributed by atoms with van der Waals surface area (Å²) in [4.78, 5) is 0. The van der Waals surface area contributed by atoms with Crippen LogP contribution in [0, 0.1) is 12.3 Å². The first-order valence-electron chi connectivity index (χ1n) is 6.98. The van der Waals surface area contributed by atoms with Crippen LogP contribution in [0.25, 0.3) is 0 Å². The van der Waals surface area contributed by atoms with Crippen LogP contribution < -0.4 is 5.32 Å². The monoisotopic (exact) mass is 312 g/mol. The first-order chi connectivity index (χ1) is 9.70. The van der Waals surface area contributed by atoms with Crippen molar-refractivity contribution >= 4 is 10.0 Å². The summed E-state index contributed by atoms with van der Waals surface area (Å²) in [7, 11) is -3.66. The molecule has 1 aromatic rings. The molecular weight excluding hydrogens is 288 g/mol. The van der Waals surface area contributed by atoms with Crippen molar-refractivity contribution in [2.45, 2.75) is 51.3 Å². The molecule has 21 heavy (non-hydrogen) atoms. The van der Waals surface area contributed by atoms with Gasteiger partial charge in [0.2, 0.25) is 5.09 Å². The van der Waals surface area contributed by atoms with E-state index < -0.39 is 10.0 Å². The first kappa shape index (κ1) is 17.8. The Morgan fingerprint density at radius 2 is 2.05 bits per heavy atom. The molecule has 0 fully saturated rings. The fourth-order valence-electron chi connectivity index (χ4n) is 1.71. The SMILES string of the molecule is C#CCN(CCC)S(=O)(=O)c1ccc(CNC(C)(C)C)o1. The van der Waals surface area contributed by atoms with Gasteiger partial charge in [-0.05, 0) is 39.3 Å². The number of hydrogen-bond acceptors (Lipinski definition) is 4. The molecule has 0 unspecified atom stereocenters. The molecule has 1 rings (SSSR count). The van der Waals surface area contributed by atoms with E-state index in [1.54, 1.807) is 6.07 Å². The molecule has 0 atom stereocenters. The van der Waals surface area contributed by atoms with Crippen LogP contribution in [0.15, 0.2) is 21.6 Å². The molecule has 1 aromatic heterocycles. The minimum absolute atomic E-state index is 0.0481. The quantitative estimate of drug-likeness (QED) is 0.784. The summed E-state index contributed by atoms with van der Waals surface area (Å²) in [5.74, 6) is 2.96. The number of nitrogens with one attached hydrogen (secondary N) is 1. The van der Waals surface area contributed by atoms with E-state index in [1.807, 2.05) is 27.7 Å². The molecule has 0 aliphatic carbocycles. The molecule has 118 valence electrons. The zero-order valence-electron chi connectivity index (χ0n) is 13.1. The van der Waals surface area contributed by atoms with Crippen LogP contribution in [0.2, 0.25) is 0 Å². The summed E-state index contributed by atoms with van der Waals surface area (Å²) < 4.78 is 31.6. The number of terminal acetylenes is 1. The normalized spacial score (nSPS) is 12.6. The fraction of sp³-hybridized carbons (Fsp3) is 0.600. The van der Waals surface area contributed by atoms with E-state index in [1.165, 1.54) is 10.4 Å². The lowest BCUT2D eigenvalue weighted by molar-refractivity contribution is 0.349. The number of furan rings is 1. The highest BCUT2D eigenvalue weighted by Crippen LogP contribution is 2.19. The first-order valence-corrected chi connectivity index (χ1v) is 8.42. The van der Waals surface area contributed by atoms with Gasteiger partial charge in [0.05, 0.1) is 13.1 Å². The van der Waals surface area contributed by atoms with E-state index in [0.717, 1.165) is 0 Å². The van der Waals surface area contributed by atoms with Gasteiger partial charge in [-0.15, -0.1) is 6.42 Å². The molecule has 0 saturated heterocycles. The maximum absolute atomic E-state index is 12.4. The van der Waals surface area contributed by atoms with E-state index in [4.69, 9.17) is 10.8 Å². The second kappa shape index (κ2) is 7.12. The van der Waals surface area contributed by atoms with Crippen molar-refractivity contribution < 1.29 is 12.8 Å². The lowest BCUT2D eigenvalue weighted by Gasteiger charge is -2.19. The summed E-state index contributed by atoms with van der Waals surface area (Å²) in [6.07, 6.45) is 5.93. The van der Waals surface area contributed by atoms with Gasteiger partial charge in [0.1, 0.15) is 5.76 Å². The van der Waals surface area contributed by atoms with Crippen molar-refractivity contribution in [2.24, 2.45) is 0 Å². The summed E-state index contributed by atoms with van der Waals surface area (Å²) in [5.41, 5.74) is -0.0659. The third kappa shape index (κ3) is 5.20. The van der Waals surface area contributed by atoms with Crippen molar-refractivity contribution in [3.63, 3.8) is 0 Å². The summed E-state index contributed by atoms with van der Waals surface area (Å²) >= 11 is 0. The second-order valence-corrected chi connectivity index (χ2v) is 7.74. The van der Waals surface area contributed by atoms with Gasteiger partial charge in [-0.25, -0.2) is 8.42 Å². The molecule has 0 aliphatic rings. The van der Waals surface area contributed by atoms with Crippen molar-refractivity contribution in [3.05, 3.63) is 17.9 Å². The van der Waals surface area contributed by atoms with Gasteiger partial charge in [0.25, 0.3) is 10.0 Å². The standard InChI is InChI=1S/C15H24N2O3S/c1-6-10-17(11-7-2)21(18,19)14-9-8-13(20-14)12-16-15(3,4)5/h1,8-9,16H,7,10-12H2,2-5H3. The summed E-state index contributed by atoms with van der Waals surface area (Å²) in [6, 6.07) is 3.15. The van der Waals surface area contributed by atoms with Gasteiger partial charge in [-0.3, -0.25) is 0 Å².